The summed E-state index contributed by atoms with van der Waals surface area (Å²) in [5.74, 6) is -0.253. The second kappa shape index (κ2) is 8.21. The fourth-order valence-electron chi connectivity index (χ4n) is 3.70. The van der Waals surface area contributed by atoms with Gasteiger partial charge in [0.25, 0.3) is 5.91 Å². The van der Waals surface area contributed by atoms with Crippen molar-refractivity contribution in [2.75, 3.05) is 45.6 Å². The number of carbonyl (C=O) groups is 1. The molecular formula is C20H25N5O4S. The second-order valence-electron chi connectivity index (χ2n) is 7.37. The van der Waals surface area contributed by atoms with E-state index in [1.807, 2.05) is 12.1 Å². The predicted molar refractivity (Wildman–Crippen MR) is 114 cm³/mol. The van der Waals surface area contributed by atoms with E-state index < -0.39 is 10.0 Å². The van der Waals surface area contributed by atoms with Crippen LogP contribution in [0.1, 0.15) is 10.5 Å². The molecule has 0 spiro atoms. The smallest absolute Gasteiger partial charge is 0.271 e. The monoisotopic (exact) mass is 431 g/mol. The minimum Gasteiger partial charge on any atom is -0.379 e. The first kappa shape index (κ1) is 20.6. The SMILES string of the molecule is Cn1nc(C(=O)NCCN2CCOCC2)cc1-c1cn(S(C)(=O)=O)c2ccccc12. The number of rotatable bonds is 6. The third kappa shape index (κ3) is 4.11. The van der Waals surface area contributed by atoms with Gasteiger partial charge in [-0.25, -0.2) is 12.4 Å². The van der Waals surface area contributed by atoms with Crippen molar-refractivity contribution in [3.63, 3.8) is 0 Å². The van der Waals surface area contributed by atoms with Crippen LogP contribution >= 0.6 is 0 Å². The number of nitrogens with one attached hydrogen (secondary N) is 1. The summed E-state index contributed by atoms with van der Waals surface area (Å²) in [7, 11) is -1.73. The molecule has 1 saturated heterocycles. The summed E-state index contributed by atoms with van der Waals surface area (Å²) in [6.45, 7) is 4.47. The average Bonchev–Trinajstić information content (AvgIpc) is 3.29. The predicted octanol–water partition coefficient (Wildman–Crippen LogP) is 0.912. The molecule has 1 amide bonds. The van der Waals surface area contributed by atoms with E-state index in [9.17, 15) is 13.2 Å². The van der Waals surface area contributed by atoms with Crippen LogP contribution in [-0.4, -0.2) is 78.6 Å². The number of carbonyl (C=O) groups excluding carboxylic acids is 1. The van der Waals surface area contributed by atoms with Crippen LogP contribution in [-0.2, 0) is 21.8 Å². The van der Waals surface area contributed by atoms with Crippen LogP contribution < -0.4 is 5.32 Å². The van der Waals surface area contributed by atoms with Crippen molar-refractivity contribution in [3.05, 3.63) is 42.2 Å². The summed E-state index contributed by atoms with van der Waals surface area (Å²) >= 11 is 0. The zero-order valence-corrected chi connectivity index (χ0v) is 17.9. The Kier molecular flexibility index (Phi) is 5.63. The summed E-state index contributed by atoms with van der Waals surface area (Å²) in [5, 5.41) is 8.03. The summed E-state index contributed by atoms with van der Waals surface area (Å²) in [4.78, 5) is 14.8. The maximum absolute atomic E-state index is 12.6. The van der Waals surface area contributed by atoms with Crippen LogP contribution in [0.2, 0.25) is 0 Å². The maximum Gasteiger partial charge on any atom is 0.271 e. The quantitative estimate of drug-likeness (QED) is 0.623. The van der Waals surface area contributed by atoms with Crippen LogP contribution in [0.4, 0.5) is 0 Å². The van der Waals surface area contributed by atoms with E-state index in [2.05, 4.69) is 15.3 Å². The summed E-state index contributed by atoms with van der Waals surface area (Å²) < 4.78 is 32.6. The molecule has 0 radical (unpaired) electrons. The molecule has 10 heteroatoms. The summed E-state index contributed by atoms with van der Waals surface area (Å²) in [6, 6.07) is 8.97. The molecular weight excluding hydrogens is 406 g/mol. The van der Waals surface area contributed by atoms with E-state index in [1.54, 1.807) is 36.1 Å². The van der Waals surface area contributed by atoms with Gasteiger partial charge in [-0.3, -0.25) is 14.4 Å². The van der Waals surface area contributed by atoms with Gasteiger partial charge in [0.2, 0.25) is 10.0 Å². The Morgan fingerprint density at radius 1 is 1.23 bits per heavy atom. The van der Waals surface area contributed by atoms with Gasteiger partial charge in [-0.15, -0.1) is 0 Å². The van der Waals surface area contributed by atoms with Gasteiger partial charge in [0.05, 0.1) is 30.7 Å². The lowest BCUT2D eigenvalue weighted by atomic mass is 10.1. The van der Waals surface area contributed by atoms with E-state index >= 15 is 0 Å². The van der Waals surface area contributed by atoms with Gasteiger partial charge in [-0.1, -0.05) is 18.2 Å². The van der Waals surface area contributed by atoms with Gasteiger partial charge in [0, 0.05) is 50.4 Å². The first-order valence-corrected chi connectivity index (χ1v) is 11.6. The molecule has 4 rings (SSSR count). The molecule has 3 aromatic rings. The van der Waals surface area contributed by atoms with Gasteiger partial charge in [-0.2, -0.15) is 5.10 Å². The lowest BCUT2D eigenvalue weighted by Gasteiger charge is -2.26. The average molecular weight is 432 g/mol. The number of ether oxygens (including phenoxy) is 1. The Bertz CT molecular complexity index is 1180. The van der Waals surface area contributed by atoms with Gasteiger partial charge in [0.15, 0.2) is 5.69 Å². The number of morpholine rings is 1. The zero-order valence-electron chi connectivity index (χ0n) is 17.0. The van der Waals surface area contributed by atoms with E-state index in [0.717, 1.165) is 38.2 Å². The van der Waals surface area contributed by atoms with Crippen molar-refractivity contribution in [1.82, 2.24) is 24.0 Å². The topological polar surface area (TPSA) is 98.5 Å². The second-order valence-corrected chi connectivity index (χ2v) is 9.23. The Balaban J connectivity index is 1.56. The van der Waals surface area contributed by atoms with Crippen molar-refractivity contribution in [2.45, 2.75) is 0 Å². The highest BCUT2D eigenvalue weighted by Crippen LogP contribution is 2.31. The van der Waals surface area contributed by atoms with Gasteiger partial charge in [-0.05, 0) is 12.1 Å². The first-order valence-electron chi connectivity index (χ1n) is 9.78. The first-order chi connectivity index (χ1) is 14.3. The molecule has 0 atom stereocenters. The molecule has 1 aliphatic heterocycles. The molecule has 1 N–H and O–H groups in total. The Morgan fingerprint density at radius 3 is 2.70 bits per heavy atom. The number of aromatic nitrogens is 3. The van der Waals surface area contributed by atoms with Gasteiger partial charge in [0.1, 0.15) is 0 Å². The molecule has 9 nitrogen and oxygen atoms in total. The molecule has 1 aliphatic rings. The normalized spacial score (nSPS) is 15.5. The molecule has 0 aliphatic carbocycles. The number of fused-ring (bicyclic) bond motifs is 1. The van der Waals surface area contributed by atoms with Gasteiger partial charge >= 0.3 is 0 Å². The lowest BCUT2D eigenvalue weighted by molar-refractivity contribution is 0.0383. The fourth-order valence-corrected chi connectivity index (χ4v) is 4.51. The molecule has 160 valence electrons. The van der Waals surface area contributed by atoms with Crippen molar-refractivity contribution in [3.8, 4) is 11.3 Å². The molecule has 2 aromatic heterocycles. The fraction of sp³-hybridized carbons (Fsp3) is 0.400. The molecule has 30 heavy (non-hydrogen) atoms. The van der Waals surface area contributed by atoms with Crippen LogP contribution in [0, 0.1) is 0 Å². The summed E-state index contributed by atoms with van der Waals surface area (Å²) in [5.41, 5.74) is 2.27. The number of hydrogen-bond acceptors (Lipinski definition) is 6. The maximum atomic E-state index is 12.6. The third-order valence-corrected chi connectivity index (χ3v) is 6.26. The van der Waals surface area contributed by atoms with Crippen molar-refractivity contribution in [1.29, 1.82) is 0 Å². The zero-order chi connectivity index (χ0) is 21.3. The van der Waals surface area contributed by atoms with Crippen LogP contribution in [0.5, 0.6) is 0 Å². The molecule has 1 fully saturated rings. The van der Waals surface area contributed by atoms with Crippen molar-refractivity contribution < 1.29 is 17.9 Å². The standard InChI is InChI=1S/C20H25N5O4S/c1-23-19(16-14-25(30(2,27)28)18-6-4-3-5-15(16)18)13-17(22-23)20(26)21-7-8-24-9-11-29-12-10-24/h3-6,13-14H,7-12H2,1-2H3,(H,21,26). The van der Waals surface area contributed by atoms with E-state index in [4.69, 9.17) is 4.74 Å². The molecule has 1 aromatic carbocycles. The molecule has 0 unspecified atom stereocenters. The highest BCUT2D eigenvalue weighted by Gasteiger charge is 2.20. The van der Waals surface area contributed by atoms with Gasteiger partial charge < -0.3 is 10.1 Å². The molecule has 3 heterocycles. The van der Waals surface area contributed by atoms with Crippen molar-refractivity contribution in [2.24, 2.45) is 7.05 Å². The highest BCUT2D eigenvalue weighted by molar-refractivity contribution is 7.89. The van der Waals surface area contributed by atoms with Crippen LogP contribution in [0.25, 0.3) is 22.2 Å². The summed E-state index contributed by atoms with van der Waals surface area (Å²) in [6.07, 6.45) is 2.75. The van der Waals surface area contributed by atoms with E-state index in [1.165, 1.54) is 10.2 Å². The minimum atomic E-state index is -3.47. The lowest BCUT2D eigenvalue weighted by Crippen LogP contribution is -2.41. The Morgan fingerprint density at radius 2 is 1.97 bits per heavy atom. The highest BCUT2D eigenvalue weighted by atomic mass is 32.2. The van der Waals surface area contributed by atoms with Crippen LogP contribution in [0.3, 0.4) is 0 Å². The molecule has 0 bridgehead atoms. The van der Waals surface area contributed by atoms with E-state index in [-0.39, 0.29) is 5.91 Å². The number of hydrogen-bond donors (Lipinski definition) is 1. The number of amides is 1. The minimum absolute atomic E-state index is 0.253. The number of para-hydroxylation sites is 1. The number of nitrogens with zero attached hydrogens (tertiary/aromatic N) is 4. The number of benzene rings is 1. The van der Waals surface area contributed by atoms with Crippen LogP contribution in [0.15, 0.2) is 36.5 Å². The Hall–Kier alpha value is -2.69. The largest absolute Gasteiger partial charge is 0.379 e. The van der Waals surface area contributed by atoms with E-state index in [0.29, 0.717) is 29.0 Å². The number of aryl methyl sites for hydroxylation is 1. The van der Waals surface area contributed by atoms with Crippen molar-refractivity contribution >= 4 is 26.8 Å². The molecule has 0 saturated carbocycles. The Labute approximate surface area is 175 Å². The third-order valence-electron chi connectivity index (χ3n) is 5.24.